The van der Waals surface area contributed by atoms with Crippen molar-refractivity contribution >= 4 is 16.9 Å². The highest BCUT2D eigenvalue weighted by Gasteiger charge is 2.16. The van der Waals surface area contributed by atoms with Crippen molar-refractivity contribution in [3.8, 4) is 11.5 Å². The lowest BCUT2D eigenvalue weighted by Gasteiger charge is -2.13. The van der Waals surface area contributed by atoms with Crippen LogP contribution in [0, 0.1) is 0 Å². The highest BCUT2D eigenvalue weighted by molar-refractivity contribution is 5.95. The van der Waals surface area contributed by atoms with Gasteiger partial charge in [0.1, 0.15) is 17.3 Å². The Morgan fingerprint density at radius 2 is 1.79 bits per heavy atom. The van der Waals surface area contributed by atoms with Crippen LogP contribution >= 0.6 is 0 Å². The van der Waals surface area contributed by atoms with Crippen molar-refractivity contribution in [1.82, 2.24) is 15.3 Å². The van der Waals surface area contributed by atoms with Crippen LogP contribution in [0.2, 0.25) is 0 Å². The second kappa shape index (κ2) is 6.62. The number of H-pyrrole nitrogens is 1. The Hall–Kier alpha value is -3.02. The molecule has 1 amide bonds. The van der Waals surface area contributed by atoms with Gasteiger partial charge in [-0.1, -0.05) is 12.1 Å². The van der Waals surface area contributed by atoms with Gasteiger partial charge < -0.3 is 19.8 Å². The molecule has 6 heteroatoms. The van der Waals surface area contributed by atoms with Crippen LogP contribution in [0.1, 0.15) is 29.1 Å². The maximum absolute atomic E-state index is 12.5. The lowest BCUT2D eigenvalue weighted by atomic mass is 10.1. The molecule has 24 heavy (non-hydrogen) atoms. The number of hydrogen-bond donors (Lipinski definition) is 2. The van der Waals surface area contributed by atoms with E-state index < -0.39 is 0 Å². The first-order valence-electron chi connectivity index (χ1n) is 7.59. The molecule has 0 unspecified atom stereocenters. The van der Waals surface area contributed by atoms with Gasteiger partial charge in [-0.25, -0.2) is 4.98 Å². The SMILES string of the molecule is COc1cc(OC)cc(C(=O)N[C@@H](C)c2nc3ccccc3[nH]2)c1. The van der Waals surface area contributed by atoms with Crippen molar-refractivity contribution in [2.24, 2.45) is 0 Å². The Morgan fingerprint density at radius 3 is 2.42 bits per heavy atom. The van der Waals surface area contributed by atoms with Crippen molar-refractivity contribution in [2.45, 2.75) is 13.0 Å². The molecule has 1 heterocycles. The summed E-state index contributed by atoms with van der Waals surface area (Å²) in [4.78, 5) is 20.2. The van der Waals surface area contributed by atoms with Crippen LogP contribution in [0.3, 0.4) is 0 Å². The minimum absolute atomic E-state index is 0.222. The summed E-state index contributed by atoms with van der Waals surface area (Å²) >= 11 is 0. The Balaban J connectivity index is 1.80. The monoisotopic (exact) mass is 325 g/mol. The molecule has 0 bridgehead atoms. The standard InChI is InChI=1S/C18H19N3O3/c1-11(17-20-15-6-4-5-7-16(15)21-17)19-18(22)12-8-13(23-2)10-14(9-12)24-3/h4-11H,1-3H3,(H,19,22)(H,20,21)/t11-/m0/s1. The molecule has 0 aliphatic heterocycles. The molecule has 3 rings (SSSR count). The number of amides is 1. The van der Waals surface area contributed by atoms with E-state index in [2.05, 4.69) is 15.3 Å². The molecular weight excluding hydrogens is 306 g/mol. The zero-order valence-corrected chi connectivity index (χ0v) is 13.8. The number of nitrogens with one attached hydrogen (secondary N) is 2. The summed E-state index contributed by atoms with van der Waals surface area (Å²) in [5, 5.41) is 2.93. The van der Waals surface area contributed by atoms with Gasteiger partial charge in [0.15, 0.2) is 0 Å². The average molecular weight is 325 g/mol. The van der Waals surface area contributed by atoms with E-state index in [1.54, 1.807) is 32.4 Å². The number of hydrogen-bond acceptors (Lipinski definition) is 4. The molecule has 0 aliphatic rings. The van der Waals surface area contributed by atoms with Gasteiger partial charge in [0.2, 0.25) is 0 Å². The summed E-state index contributed by atoms with van der Waals surface area (Å²) in [6, 6.07) is 12.5. The van der Waals surface area contributed by atoms with Gasteiger partial charge in [0, 0.05) is 11.6 Å². The third-order valence-corrected chi connectivity index (χ3v) is 3.78. The molecule has 1 aromatic heterocycles. The number of carbonyl (C=O) groups excluding carboxylic acids is 1. The first-order chi connectivity index (χ1) is 11.6. The third kappa shape index (κ3) is 3.17. The second-order valence-electron chi connectivity index (χ2n) is 5.44. The molecule has 0 aliphatic carbocycles. The number of fused-ring (bicyclic) bond motifs is 1. The molecule has 124 valence electrons. The smallest absolute Gasteiger partial charge is 0.252 e. The largest absolute Gasteiger partial charge is 0.497 e. The normalized spacial score (nSPS) is 12.0. The molecular formula is C18H19N3O3. The van der Waals surface area contributed by atoms with Gasteiger partial charge in [0.25, 0.3) is 5.91 Å². The Labute approximate surface area is 139 Å². The third-order valence-electron chi connectivity index (χ3n) is 3.78. The zero-order chi connectivity index (χ0) is 17.1. The van der Waals surface area contributed by atoms with Gasteiger partial charge >= 0.3 is 0 Å². The highest BCUT2D eigenvalue weighted by atomic mass is 16.5. The zero-order valence-electron chi connectivity index (χ0n) is 13.8. The van der Waals surface area contributed by atoms with E-state index in [-0.39, 0.29) is 11.9 Å². The maximum atomic E-state index is 12.5. The van der Waals surface area contributed by atoms with Crippen LogP contribution < -0.4 is 14.8 Å². The quantitative estimate of drug-likeness (QED) is 0.756. The summed E-state index contributed by atoms with van der Waals surface area (Å²) in [6.45, 7) is 1.88. The number of ether oxygens (including phenoxy) is 2. The van der Waals surface area contributed by atoms with E-state index in [0.717, 1.165) is 11.0 Å². The number of rotatable bonds is 5. The molecule has 1 atom stereocenters. The Kier molecular flexibility index (Phi) is 4.37. The molecule has 3 aromatic rings. The van der Waals surface area contributed by atoms with Crippen LogP contribution in [0.25, 0.3) is 11.0 Å². The van der Waals surface area contributed by atoms with Gasteiger partial charge in [-0.15, -0.1) is 0 Å². The van der Waals surface area contributed by atoms with E-state index in [1.807, 2.05) is 31.2 Å². The number of para-hydroxylation sites is 2. The summed E-state index contributed by atoms with van der Waals surface area (Å²) in [5.74, 6) is 1.62. The minimum Gasteiger partial charge on any atom is -0.497 e. The van der Waals surface area contributed by atoms with Crippen molar-refractivity contribution in [3.63, 3.8) is 0 Å². The van der Waals surface area contributed by atoms with Crippen LogP contribution in [0.5, 0.6) is 11.5 Å². The summed E-state index contributed by atoms with van der Waals surface area (Å²) < 4.78 is 10.4. The lowest BCUT2D eigenvalue weighted by molar-refractivity contribution is 0.0937. The molecule has 0 saturated carbocycles. The molecule has 6 nitrogen and oxygen atoms in total. The Bertz CT molecular complexity index is 818. The van der Waals surface area contributed by atoms with E-state index >= 15 is 0 Å². The lowest BCUT2D eigenvalue weighted by Crippen LogP contribution is -2.27. The van der Waals surface area contributed by atoms with Gasteiger partial charge in [0.05, 0.1) is 31.3 Å². The highest BCUT2D eigenvalue weighted by Crippen LogP contribution is 2.23. The van der Waals surface area contributed by atoms with E-state index in [1.165, 1.54) is 0 Å². The fourth-order valence-corrected chi connectivity index (χ4v) is 2.46. The van der Waals surface area contributed by atoms with Crippen LogP contribution in [0.15, 0.2) is 42.5 Å². The first-order valence-corrected chi connectivity index (χ1v) is 7.59. The summed E-state index contributed by atoms with van der Waals surface area (Å²) in [6.07, 6.45) is 0. The van der Waals surface area contributed by atoms with Crippen LogP contribution in [0.4, 0.5) is 0 Å². The Morgan fingerprint density at radius 1 is 1.12 bits per heavy atom. The minimum atomic E-state index is -0.262. The molecule has 0 spiro atoms. The van der Waals surface area contributed by atoms with E-state index in [4.69, 9.17) is 9.47 Å². The van der Waals surface area contributed by atoms with Gasteiger partial charge in [-0.05, 0) is 31.2 Å². The van der Waals surface area contributed by atoms with Gasteiger partial charge in [-0.3, -0.25) is 4.79 Å². The summed E-state index contributed by atoms with van der Waals surface area (Å²) in [5.41, 5.74) is 2.28. The van der Waals surface area contributed by atoms with Crippen molar-refractivity contribution in [2.75, 3.05) is 14.2 Å². The van der Waals surface area contributed by atoms with E-state index in [0.29, 0.717) is 22.9 Å². The fraction of sp³-hybridized carbons (Fsp3) is 0.222. The number of nitrogens with zero attached hydrogens (tertiary/aromatic N) is 1. The second-order valence-corrected chi connectivity index (χ2v) is 5.44. The number of benzene rings is 2. The molecule has 0 radical (unpaired) electrons. The van der Waals surface area contributed by atoms with Crippen LogP contribution in [-0.4, -0.2) is 30.1 Å². The van der Waals surface area contributed by atoms with Gasteiger partial charge in [-0.2, -0.15) is 0 Å². The number of methoxy groups -OCH3 is 2. The van der Waals surface area contributed by atoms with Crippen LogP contribution in [-0.2, 0) is 0 Å². The number of imidazole rings is 1. The molecule has 2 N–H and O–H groups in total. The van der Waals surface area contributed by atoms with Crippen molar-refractivity contribution in [1.29, 1.82) is 0 Å². The predicted molar refractivity (Wildman–Crippen MR) is 91.5 cm³/mol. The maximum Gasteiger partial charge on any atom is 0.252 e. The molecule has 0 fully saturated rings. The summed E-state index contributed by atoms with van der Waals surface area (Å²) in [7, 11) is 3.10. The topological polar surface area (TPSA) is 76.2 Å². The average Bonchev–Trinajstić information content (AvgIpc) is 3.05. The fourth-order valence-electron chi connectivity index (χ4n) is 2.46. The first kappa shape index (κ1) is 15.9. The molecule has 0 saturated heterocycles. The van der Waals surface area contributed by atoms with Crippen molar-refractivity contribution in [3.05, 3.63) is 53.9 Å². The van der Waals surface area contributed by atoms with E-state index in [9.17, 15) is 4.79 Å². The molecule has 2 aromatic carbocycles. The van der Waals surface area contributed by atoms with Crippen molar-refractivity contribution < 1.29 is 14.3 Å². The number of aromatic amines is 1. The number of carbonyl (C=O) groups is 1. The predicted octanol–water partition coefficient (Wildman–Crippen LogP) is 3.07. The number of aromatic nitrogens is 2.